The number of rotatable bonds is 5. The molecule has 2 N–H and O–H groups in total. The normalized spacial score (nSPS) is 19.5. The third-order valence-electron chi connectivity index (χ3n) is 3.28. The molecule has 0 bridgehead atoms. The van der Waals surface area contributed by atoms with Crippen LogP contribution in [0.15, 0.2) is 0 Å². The van der Waals surface area contributed by atoms with Crippen LogP contribution in [0, 0.1) is 17.2 Å². The zero-order valence-electron chi connectivity index (χ0n) is 12.6. The number of amides is 1. The maximum absolute atomic E-state index is 12.1. The molecule has 1 aliphatic heterocycles. The minimum Gasteiger partial charge on any atom is -0.333 e. The van der Waals surface area contributed by atoms with Crippen molar-refractivity contribution in [3.05, 3.63) is 0 Å². The minimum absolute atomic E-state index is 0.0774. The minimum atomic E-state index is -0.852. The first kappa shape index (κ1) is 16.9. The van der Waals surface area contributed by atoms with Gasteiger partial charge in [-0.2, -0.15) is 0 Å². The first-order valence-corrected chi connectivity index (χ1v) is 6.83. The van der Waals surface area contributed by atoms with Gasteiger partial charge in [-0.15, -0.1) is 0 Å². The summed E-state index contributed by atoms with van der Waals surface area (Å²) in [5.74, 6) is -3.02. The van der Waals surface area contributed by atoms with E-state index in [0.717, 1.165) is 0 Å². The van der Waals surface area contributed by atoms with E-state index in [0.29, 0.717) is 6.42 Å². The van der Waals surface area contributed by atoms with Crippen molar-refractivity contribution in [1.82, 2.24) is 10.2 Å². The second-order valence-electron chi connectivity index (χ2n) is 5.27. The Morgan fingerprint density at radius 3 is 2.43 bits per heavy atom. The zero-order chi connectivity index (χ0) is 16.2. The van der Waals surface area contributed by atoms with Crippen LogP contribution >= 0.6 is 0 Å². The predicted octanol–water partition coefficient (Wildman–Crippen LogP) is 0.425. The van der Waals surface area contributed by atoms with Crippen LogP contribution in [0.3, 0.4) is 0 Å². The van der Waals surface area contributed by atoms with Gasteiger partial charge in [-0.25, -0.2) is 19.4 Å². The lowest BCUT2D eigenvalue weighted by atomic mass is 9.88. The van der Waals surface area contributed by atoms with E-state index in [-0.39, 0.29) is 18.3 Å². The van der Waals surface area contributed by atoms with Crippen LogP contribution in [0.5, 0.6) is 0 Å². The van der Waals surface area contributed by atoms with Crippen molar-refractivity contribution in [3.63, 3.8) is 0 Å². The Bertz CT molecular complexity index is 449. The van der Waals surface area contributed by atoms with Gasteiger partial charge in [0.25, 0.3) is 0 Å². The fraction of sp³-hybridized carbons (Fsp3) is 0.692. The lowest BCUT2D eigenvalue weighted by molar-refractivity contribution is -0.264. The van der Waals surface area contributed by atoms with Gasteiger partial charge in [0.2, 0.25) is 5.91 Å². The molecule has 0 saturated carbocycles. The van der Waals surface area contributed by atoms with E-state index in [1.165, 1.54) is 11.9 Å². The lowest BCUT2D eigenvalue weighted by Gasteiger charge is -2.27. The number of likely N-dealkylation sites (N-methyl/N-ethyl adjacent to an activating group) is 1. The van der Waals surface area contributed by atoms with Crippen LogP contribution in [0.25, 0.3) is 0 Å². The molecule has 1 amide bonds. The van der Waals surface area contributed by atoms with Crippen LogP contribution in [0.1, 0.15) is 33.6 Å². The average Bonchev–Trinajstić information content (AvgIpc) is 2.63. The molecular formula is C13H21N3O5. The van der Waals surface area contributed by atoms with Crippen molar-refractivity contribution in [2.24, 2.45) is 11.8 Å². The standard InChI is InChI=1S/C13H21N3O5/c1-5-6-8(17)20-21-12(19)9(7(2)3)10-11(18)15-13(14)16(10)4/h7,9-10H,5-6H2,1-4H3,(H2,14,15,18). The van der Waals surface area contributed by atoms with E-state index in [9.17, 15) is 14.4 Å². The fourth-order valence-electron chi connectivity index (χ4n) is 2.15. The molecule has 0 spiro atoms. The first-order chi connectivity index (χ1) is 9.79. The highest BCUT2D eigenvalue weighted by Crippen LogP contribution is 2.24. The van der Waals surface area contributed by atoms with Gasteiger partial charge in [-0.1, -0.05) is 20.8 Å². The van der Waals surface area contributed by atoms with Crippen molar-refractivity contribution in [2.75, 3.05) is 7.05 Å². The molecule has 118 valence electrons. The molecule has 1 saturated heterocycles. The predicted molar refractivity (Wildman–Crippen MR) is 72.8 cm³/mol. The Hall–Kier alpha value is -2.12. The maximum Gasteiger partial charge on any atom is 0.361 e. The molecule has 1 heterocycles. The summed E-state index contributed by atoms with van der Waals surface area (Å²) >= 11 is 0. The van der Waals surface area contributed by atoms with Crippen LogP contribution in [0.4, 0.5) is 0 Å². The number of hydrogen-bond acceptors (Lipinski definition) is 6. The van der Waals surface area contributed by atoms with Crippen molar-refractivity contribution >= 4 is 23.8 Å². The zero-order valence-corrected chi connectivity index (χ0v) is 12.6. The summed E-state index contributed by atoms with van der Waals surface area (Å²) in [6, 6.07) is -0.852. The Morgan fingerprint density at radius 1 is 1.38 bits per heavy atom. The topological polar surface area (TPSA) is 109 Å². The van der Waals surface area contributed by atoms with Crippen LogP contribution in [-0.4, -0.2) is 41.8 Å². The molecule has 1 rings (SSSR count). The van der Waals surface area contributed by atoms with Crippen molar-refractivity contribution < 1.29 is 24.2 Å². The highest BCUT2D eigenvalue weighted by atomic mass is 17.2. The van der Waals surface area contributed by atoms with Gasteiger partial charge in [0.1, 0.15) is 6.04 Å². The average molecular weight is 299 g/mol. The van der Waals surface area contributed by atoms with Gasteiger partial charge in [-0.05, 0) is 12.3 Å². The number of carbonyl (C=O) groups is 3. The second kappa shape index (κ2) is 7.05. The SMILES string of the molecule is CCCC(=O)OOC(=O)C(C(C)C)C1C(=O)NC(=N)N1C. The number of carbonyl (C=O) groups excluding carboxylic acids is 3. The van der Waals surface area contributed by atoms with Gasteiger partial charge in [0.05, 0.1) is 5.92 Å². The molecule has 0 aromatic rings. The molecule has 0 radical (unpaired) electrons. The van der Waals surface area contributed by atoms with Crippen molar-refractivity contribution in [3.8, 4) is 0 Å². The Kier molecular flexibility index (Phi) is 5.69. The highest BCUT2D eigenvalue weighted by molar-refractivity contribution is 6.06. The van der Waals surface area contributed by atoms with Gasteiger partial charge in [0, 0.05) is 13.5 Å². The summed E-state index contributed by atoms with van der Waals surface area (Å²) < 4.78 is 0. The molecule has 8 nitrogen and oxygen atoms in total. The van der Waals surface area contributed by atoms with Gasteiger partial charge >= 0.3 is 11.9 Å². The number of hydrogen-bond donors (Lipinski definition) is 2. The molecule has 2 unspecified atom stereocenters. The smallest absolute Gasteiger partial charge is 0.333 e. The van der Waals surface area contributed by atoms with Gasteiger partial charge < -0.3 is 4.90 Å². The third-order valence-corrected chi connectivity index (χ3v) is 3.28. The molecular weight excluding hydrogens is 278 g/mol. The quantitative estimate of drug-likeness (QED) is 0.562. The van der Waals surface area contributed by atoms with Crippen LogP contribution in [-0.2, 0) is 24.2 Å². The number of nitrogens with one attached hydrogen (secondary N) is 2. The second-order valence-corrected chi connectivity index (χ2v) is 5.27. The van der Waals surface area contributed by atoms with Gasteiger partial charge in [-0.3, -0.25) is 15.5 Å². The fourth-order valence-corrected chi connectivity index (χ4v) is 2.15. The van der Waals surface area contributed by atoms with Crippen molar-refractivity contribution in [1.29, 1.82) is 5.41 Å². The monoisotopic (exact) mass is 299 g/mol. The van der Waals surface area contributed by atoms with Crippen LogP contribution in [0.2, 0.25) is 0 Å². The molecule has 8 heteroatoms. The van der Waals surface area contributed by atoms with E-state index in [4.69, 9.17) is 5.41 Å². The van der Waals surface area contributed by atoms with Crippen molar-refractivity contribution in [2.45, 2.75) is 39.7 Å². The summed E-state index contributed by atoms with van der Waals surface area (Å²) in [7, 11) is 1.54. The Labute approximate surface area is 123 Å². The first-order valence-electron chi connectivity index (χ1n) is 6.83. The summed E-state index contributed by atoms with van der Waals surface area (Å²) in [5.41, 5.74) is 0. The van der Waals surface area contributed by atoms with E-state index in [1.807, 2.05) is 0 Å². The molecule has 0 aromatic carbocycles. The maximum atomic E-state index is 12.1. The third kappa shape index (κ3) is 3.93. The van der Waals surface area contributed by atoms with Gasteiger partial charge in [0.15, 0.2) is 5.96 Å². The summed E-state index contributed by atoms with van der Waals surface area (Å²) in [6.45, 7) is 5.30. The van der Waals surface area contributed by atoms with E-state index < -0.39 is 29.8 Å². The number of guanidine groups is 1. The summed E-state index contributed by atoms with van der Waals surface area (Å²) in [4.78, 5) is 45.6. The molecule has 0 aliphatic carbocycles. The molecule has 21 heavy (non-hydrogen) atoms. The Morgan fingerprint density at radius 2 is 2.00 bits per heavy atom. The highest BCUT2D eigenvalue weighted by Gasteiger charge is 2.45. The molecule has 0 aromatic heterocycles. The van der Waals surface area contributed by atoms with E-state index >= 15 is 0 Å². The number of nitrogens with zero attached hydrogens (tertiary/aromatic N) is 1. The lowest BCUT2D eigenvalue weighted by Crippen LogP contribution is -2.45. The van der Waals surface area contributed by atoms with Crippen LogP contribution < -0.4 is 5.32 Å². The summed E-state index contributed by atoms with van der Waals surface area (Å²) in [5, 5.41) is 9.92. The van der Waals surface area contributed by atoms with E-state index in [2.05, 4.69) is 15.1 Å². The largest absolute Gasteiger partial charge is 0.361 e. The van der Waals surface area contributed by atoms with E-state index in [1.54, 1.807) is 20.8 Å². The molecule has 2 atom stereocenters. The molecule has 1 fully saturated rings. The molecule has 1 aliphatic rings. The Balaban J connectivity index is 2.78. The summed E-state index contributed by atoms with van der Waals surface area (Å²) in [6.07, 6.45) is 0.725.